The number of nitrogens with one attached hydrogen (secondary N) is 2. The van der Waals surface area contributed by atoms with Crippen LogP contribution in [0.25, 0.3) is 0 Å². The first-order chi connectivity index (χ1) is 18.9. The van der Waals surface area contributed by atoms with Crippen LogP contribution in [0.5, 0.6) is 0 Å². The molecule has 2 atom stereocenters. The fourth-order valence-corrected chi connectivity index (χ4v) is 5.73. The molecule has 2 unspecified atom stereocenters. The van der Waals surface area contributed by atoms with E-state index in [-0.39, 0.29) is 24.6 Å². The normalized spacial score (nSPS) is 16.8. The summed E-state index contributed by atoms with van der Waals surface area (Å²) in [5.74, 6) is -0.274. The smallest absolute Gasteiger partial charge is 0.250 e. The van der Waals surface area contributed by atoms with Gasteiger partial charge < -0.3 is 24.8 Å². The molecule has 3 heterocycles. The number of carbonyl (C=O) groups is 1. The summed E-state index contributed by atoms with van der Waals surface area (Å²) in [5, 5.41) is 7.29. The van der Waals surface area contributed by atoms with Crippen molar-refractivity contribution in [1.82, 2.24) is 14.9 Å². The number of rotatable bonds is 8. The molecule has 0 radical (unpaired) electrons. The number of methoxy groups -OCH3 is 1. The highest BCUT2D eigenvalue weighted by molar-refractivity contribution is 7.80. The predicted molar refractivity (Wildman–Crippen MR) is 159 cm³/mol. The van der Waals surface area contributed by atoms with Gasteiger partial charge in [0.2, 0.25) is 5.91 Å². The van der Waals surface area contributed by atoms with E-state index in [9.17, 15) is 4.79 Å². The van der Waals surface area contributed by atoms with Gasteiger partial charge >= 0.3 is 0 Å². The van der Waals surface area contributed by atoms with Crippen molar-refractivity contribution in [3.8, 4) is 0 Å². The average molecular weight is 560 g/mol. The summed E-state index contributed by atoms with van der Waals surface area (Å²) in [7, 11) is 1.47. The Hall–Kier alpha value is -3.72. The van der Waals surface area contributed by atoms with Crippen molar-refractivity contribution >= 4 is 46.2 Å². The summed E-state index contributed by atoms with van der Waals surface area (Å²) in [4.78, 5) is 18.8. The van der Waals surface area contributed by atoms with Crippen LogP contribution in [0.15, 0.2) is 79.0 Å². The van der Waals surface area contributed by atoms with Gasteiger partial charge in [-0.2, -0.15) is 0 Å². The van der Waals surface area contributed by atoms with Crippen molar-refractivity contribution in [2.24, 2.45) is 0 Å². The minimum atomic E-state index is -0.274. The van der Waals surface area contributed by atoms with Crippen LogP contribution in [0, 0.1) is 13.8 Å². The second kappa shape index (κ2) is 11.6. The predicted octanol–water partition coefficient (Wildman–Crippen LogP) is 5.96. The second-order valence-electron chi connectivity index (χ2n) is 9.54. The molecular weight excluding hydrogens is 530 g/mol. The van der Waals surface area contributed by atoms with Crippen LogP contribution >= 0.6 is 23.8 Å². The lowest BCUT2D eigenvalue weighted by Crippen LogP contribution is -2.29. The topological polar surface area (TPSA) is 71.4 Å². The van der Waals surface area contributed by atoms with Crippen molar-refractivity contribution in [3.63, 3.8) is 0 Å². The highest BCUT2D eigenvalue weighted by Crippen LogP contribution is 2.44. The number of carbonyl (C=O) groups excluding carboxylic acids is 1. The van der Waals surface area contributed by atoms with E-state index in [0.29, 0.717) is 15.8 Å². The Morgan fingerprint density at radius 3 is 2.56 bits per heavy atom. The Bertz CT molecular complexity index is 1490. The second-order valence-corrected chi connectivity index (χ2v) is 10.3. The van der Waals surface area contributed by atoms with Gasteiger partial charge in [0.25, 0.3) is 0 Å². The lowest BCUT2D eigenvalue weighted by Gasteiger charge is -2.28. The summed E-state index contributed by atoms with van der Waals surface area (Å²) in [6.07, 6.45) is 1.80. The highest BCUT2D eigenvalue weighted by atomic mass is 35.5. The third-order valence-electron chi connectivity index (χ3n) is 6.99. The number of ether oxygens (including phenoxy) is 1. The van der Waals surface area contributed by atoms with E-state index in [4.69, 9.17) is 28.6 Å². The number of hydrogen-bond donors (Lipinski definition) is 2. The quantitative estimate of drug-likeness (QED) is 0.259. The van der Waals surface area contributed by atoms with E-state index in [2.05, 4.69) is 69.3 Å². The largest absolute Gasteiger partial charge is 0.375 e. The molecule has 200 valence electrons. The number of amides is 1. The molecule has 39 heavy (non-hydrogen) atoms. The van der Waals surface area contributed by atoms with E-state index in [1.54, 1.807) is 12.3 Å². The van der Waals surface area contributed by atoms with Gasteiger partial charge in [0.1, 0.15) is 6.61 Å². The zero-order valence-electron chi connectivity index (χ0n) is 22.0. The highest BCUT2D eigenvalue weighted by Gasteiger charge is 2.42. The molecule has 5 rings (SSSR count). The zero-order chi connectivity index (χ0) is 27.5. The number of halogens is 1. The van der Waals surface area contributed by atoms with E-state index < -0.39 is 0 Å². The molecular formula is C30H30ClN5O2S. The number of benzene rings is 2. The number of anilines is 2. The third kappa shape index (κ3) is 5.54. The van der Waals surface area contributed by atoms with E-state index in [0.717, 1.165) is 34.9 Å². The molecule has 1 aliphatic rings. The Labute approximate surface area is 238 Å². The van der Waals surface area contributed by atoms with E-state index >= 15 is 0 Å². The van der Waals surface area contributed by atoms with Crippen LogP contribution in [0.3, 0.4) is 0 Å². The maximum absolute atomic E-state index is 12.1. The first-order valence-electron chi connectivity index (χ1n) is 12.7. The SMILES string of the molecule is COCC(=O)Nc1ccc(N2C(=S)NC(c3ccccn3)C2c2cc(C)n(Cc3ccccc3)c2C)cc1Cl. The van der Waals surface area contributed by atoms with Crippen molar-refractivity contribution in [3.05, 3.63) is 112 Å². The maximum atomic E-state index is 12.1. The minimum Gasteiger partial charge on any atom is -0.375 e. The Morgan fingerprint density at radius 2 is 1.87 bits per heavy atom. The van der Waals surface area contributed by atoms with Crippen molar-refractivity contribution in [1.29, 1.82) is 0 Å². The average Bonchev–Trinajstić information content (AvgIpc) is 3.42. The first-order valence-corrected chi connectivity index (χ1v) is 13.5. The molecule has 0 aliphatic carbocycles. The van der Waals surface area contributed by atoms with Crippen LogP contribution in [0.1, 0.15) is 40.3 Å². The van der Waals surface area contributed by atoms with Gasteiger partial charge in [-0.25, -0.2) is 0 Å². The molecule has 2 aromatic heterocycles. The zero-order valence-corrected chi connectivity index (χ0v) is 23.6. The molecule has 7 nitrogen and oxygen atoms in total. The molecule has 0 spiro atoms. The van der Waals surface area contributed by atoms with Crippen molar-refractivity contribution in [2.45, 2.75) is 32.5 Å². The molecule has 2 aromatic carbocycles. The summed E-state index contributed by atoms with van der Waals surface area (Å²) >= 11 is 12.5. The summed E-state index contributed by atoms with van der Waals surface area (Å²) < 4.78 is 7.25. The lowest BCUT2D eigenvalue weighted by atomic mass is 9.96. The molecule has 4 aromatic rings. The Kier molecular flexibility index (Phi) is 7.97. The molecule has 0 bridgehead atoms. The summed E-state index contributed by atoms with van der Waals surface area (Å²) in [5.41, 5.74) is 6.95. The van der Waals surface area contributed by atoms with Crippen molar-refractivity contribution in [2.75, 3.05) is 23.9 Å². The number of thiocarbonyl (C=S) groups is 1. The van der Waals surface area contributed by atoms with Crippen LogP contribution in [-0.2, 0) is 16.1 Å². The van der Waals surface area contributed by atoms with Crippen molar-refractivity contribution < 1.29 is 9.53 Å². The Morgan fingerprint density at radius 1 is 1.10 bits per heavy atom. The fourth-order valence-electron chi connectivity index (χ4n) is 5.16. The summed E-state index contributed by atoms with van der Waals surface area (Å²) in [6, 6.07) is 23.8. The lowest BCUT2D eigenvalue weighted by molar-refractivity contribution is -0.119. The first kappa shape index (κ1) is 26.9. The van der Waals surface area contributed by atoms with Gasteiger partial charge in [-0.15, -0.1) is 0 Å². The number of pyridine rings is 1. The van der Waals surface area contributed by atoms with Gasteiger partial charge in [-0.1, -0.05) is 48.0 Å². The molecule has 1 aliphatic heterocycles. The third-order valence-corrected chi connectivity index (χ3v) is 7.62. The van der Waals surface area contributed by atoms with E-state index in [1.165, 1.54) is 12.7 Å². The standard InChI is InChI=1S/C30H30ClN5O2S/c1-19-15-23(20(2)35(19)17-21-9-5-4-6-10-21)29-28(26-11-7-8-14-32-26)34-30(39)36(29)22-12-13-25(24(31)16-22)33-27(37)18-38-3/h4-16,28-29H,17-18H2,1-3H3,(H,33,37)(H,34,39). The number of hydrogen-bond acceptors (Lipinski definition) is 4. The molecule has 0 saturated carbocycles. The molecule has 9 heteroatoms. The summed E-state index contributed by atoms with van der Waals surface area (Å²) in [6.45, 7) is 5.01. The van der Waals surface area contributed by atoms with Gasteiger partial charge in [-0.05, 0) is 73.6 Å². The fraction of sp³-hybridized carbons (Fsp3) is 0.233. The van der Waals surface area contributed by atoms with Crippen LogP contribution in [0.2, 0.25) is 5.02 Å². The van der Waals surface area contributed by atoms with Gasteiger partial charge in [0, 0.05) is 36.9 Å². The maximum Gasteiger partial charge on any atom is 0.250 e. The van der Waals surface area contributed by atoms with Gasteiger partial charge in [-0.3, -0.25) is 9.78 Å². The molecule has 1 fully saturated rings. The molecule has 1 saturated heterocycles. The van der Waals surface area contributed by atoms with Gasteiger partial charge in [0.05, 0.1) is 28.5 Å². The van der Waals surface area contributed by atoms with Crippen LogP contribution in [0.4, 0.5) is 11.4 Å². The monoisotopic (exact) mass is 559 g/mol. The van der Waals surface area contributed by atoms with Crippen LogP contribution in [-0.4, -0.2) is 34.3 Å². The van der Waals surface area contributed by atoms with Gasteiger partial charge in [0.15, 0.2) is 5.11 Å². The van der Waals surface area contributed by atoms with E-state index in [1.807, 2.05) is 36.4 Å². The minimum absolute atomic E-state index is 0.0510. The Balaban J connectivity index is 1.56. The number of aryl methyl sites for hydroxylation is 1. The number of aromatic nitrogens is 2. The molecule has 2 N–H and O–H groups in total. The number of nitrogens with zero attached hydrogens (tertiary/aromatic N) is 3. The molecule has 1 amide bonds. The van der Waals surface area contributed by atoms with Crippen LogP contribution < -0.4 is 15.5 Å².